The van der Waals surface area contributed by atoms with Crippen LogP contribution in [0.15, 0.2) is 24.3 Å². The highest BCUT2D eigenvalue weighted by molar-refractivity contribution is 6.05. The Bertz CT molecular complexity index is 562. The van der Waals surface area contributed by atoms with Gasteiger partial charge in [-0.05, 0) is 12.1 Å². The van der Waals surface area contributed by atoms with Gasteiger partial charge < -0.3 is 5.32 Å². The van der Waals surface area contributed by atoms with E-state index in [1.54, 1.807) is 6.07 Å². The van der Waals surface area contributed by atoms with Gasteiger partial charge in [0.1, 0.15) is 5.82 Å². The third-order valence-corrected chi connectivity index (χ3v) is 3.04. The predicted molar refractivity (Wildman–Crippen MR) is 69.2 cm³/mol. The van der Waals surface area contributed by atoms with Gasteiger partial charge in [0.05, 0.1) is 24.7 Å². The molecule has 106 valence electrons. The summed E-state index contributed by atoms with van der Waals surface area (Å²) in [5.41, 5.74) is 0.0743. The first-order valence-corrected chi connectivity index (χ1v) is 6.07. The van der Waals surface area contributed by atoms with Crippen molar-refractivity contribution in [1.29, 1.82) is 0 Å². The van der Waals surface area contributed by atoms with Gasteiger partial charge in [-0.15, -0.1) is 0 Å². The highest BCUT2D eigenvalue weighted by Gasteiger charge is 2.35. The Morgan fingerprint density at radius 2 is 2.10 bits per heavy atom. The number of hydrogen-bond acceptors (Lipinski definition) is 4. The molecule has 2 rings (SSSR count). The van der Waals surface area contributed by atoms with Gasteiger partial charge in [0.25, 0.3) is 0 Å². The molecule has 0 bridgehead atoms. The maximum absolute atomic E-state index is 13.3. The number of rotatable bonds is 4. The van der Waals surface area contributed by atoms with Crippen molar-refractivity contribution in [2.75, 3.05) is 18.9 Å². The van der Waals surface area contributed by atoms with E-state index < -0.39 is 17.8 Å². The fourth-order valence-electron chi connectivity index (χ4n) is 1.89. The van der Waals surface area contributed by atoms with Crippen LogP contribution in [0.2, 0.25) is 0 Å². The van der Waals surface area contributed by atoms with Crippen LogP contribution in [0.5, 0.6) is 0 Å². The Balaban J connectivity index is 1.86. The van der Waals surface area contributed by atoms with Crippen LogP contribution >= 0.6 is 0 Å². The zero-order valence-corrected chi connectivity index (χ0v) is 10.9. The summed E-state index contributed by atoms with van der Waals surface area (Å²) in [4.78, 5) is 35.5. The molecule has 1 aromatic rings. The minimum Gasteiger partial charge on any atom is -0.322 e. The Hall–Kier alpha value is -2.28. The second kappa shape index (κ2) is 5.79. The number of likely N-dealkylation sites (tertiary alicyclic amines) is 1. The second-order valence-corrected chi connectivity index (χ2v) is 4.46. The molecule has 1 heterocycles. The number of para-hydroxylation sites is 1. The maximum atomic E-state index is 13.3. The number of likely N-dealkylation sites (N-methyl/N-ethyl adjacent to an activating group) is 1. The molecule has 6 nitrogen and oxygen atoms in total. The van der Waals surface area contributed by atoms with Crippen LogP contribution < -0.4 is 10.6 Å². The Labute approximate surface area is 114 Å². The molecule has 0 aliphatic carbocycles. The van der Waals surface area contributed by atoms with Crippen LogP contribution in [0.25, 0.3) is 0 Å². The van der Waals surface area contributed by atoms with Crippen LogP contribution in [0.4, 0.5) is 10.1 Å². The minimum absolute atomic E-state index is 0.0301. The van der Waals surface area contributed by atoms with Gasteiger partial charge in [-0.25, -0.2) is 4.39 Å². The Morgan fingerprint density at radius 3 is 2.70 bits per heavy atom. The van der Waals surface area contributed by atoms with Crippen LogP contribution in [-0.2, 0) is 14.4 Å². The molecule has 3 amide bonds. The molecule has 1 saturated heterocycles. The van der Waals surface area contributed by atoms with Gasteiger partial charge in [0.15, 0.2) is 0 Å². The molecule has 2 N–H and O–H groups in total. The SMILES string of the molecule is CN1C(=O)CC(NCC(=O)Nc2ccccc2F)C1=O. The number of amides is 3. The molecule has 7 heteroatoms. The normalized spacial score (nSPS) is 18.5. The summed E-state index contributed by atoms with van der Waals surface area (Å²) in [6.07, 6.45) is 0.0301. The fourth-order valence-corrected chi connectivity index (χ4v) is 1.89. The van der Waals surface area contributed by atoms with E-state index in [0.29, 0.717) is 0 Å². The largest absolute Gasteiger partial charge is 0.322 e. The van der Waals surface area contributed by atoms with Crippen LogP contribution in [0.1, 0.15) is 6.42 Å². The lowest BCUT2D eigenvalue weighted by Gasteiger charge is -2.11. The lowest BCUT2D eigenvalue weighted by molar-refractivity contribution is -0.137. The summed E-state index contributed by atoms with van der Waals surface area (Å²) in [6.45, 7) is -0.175. The number of benzene rings is 1. The summed E-state index contributed by atoms with van der Waals surface area (Å²) < 4.78 is 13.3. The van der Waals surface area contributed by atoms with E-state index in [9.17, 15) is 18.8 Å². The monoisotopic (exact) mass is 279 g/mol. The number of carbonyl (C=O) groups excluding carboxylic acids is 3. The first kappa shape index (κ1) is 14.1. The predicted octanol–water partition coefficient (Wildman–Crippen LogP) is 0.111. The van der Waals surface area contributed by atoms with Crippen molar-refractivity contribution in [1.82, 2.24) is 10.2 Å². The molecule has 20 heavy (non-hydrogen) atoms. The van der Waals surface area contributed by atoms with Gasteiger partial charge in [-0.2, -0.15) is 0 Å². The van der Waals surface area contributed by atoms with Crippen molar-refractivity contribution in [2.45, 2.75) is 12.5 Å². The standard InChI is InChI=1S/C13H14FN3O3/c1-17-12(19)6-10(13(17)20)15-7-11(18)16-9-5-3-2-4-8(9)14/h2-5,10,15H,6-7H2,1H3,(H,16,18). The zero-order chi connectivity index (χ0) is 14.7. The van der Waals surface area contributed by atoms with Crippen molar-refractivity contribution in [3.8, 4) is 0 Å². The quantitative estimate of drug-likeness (QED) is 0.767. The average molecular weight is 279 g/mol. The van der Waals surface area contributed by atoms with Crippen molar-refractivity contribution < 1.29 is 18.8 Å². The van der Waals surface area contributed by atoms with E-state index >= 15 is 0 Å². The number of anilines is 1. The highest BCUT2D eigenvalue weighted by atomic mass is 19.1. The number of imide groups is 1. The third-order valence-electron chi connectivity index (χ3n) is 3.04. The Morgan fingerprint density at radius 1 is 1.40 bits per heavy atom. The van der Waals surface area contributed by atoms with Crippen LogP contribution in [-0.4, -0.2) is 42.3 Å². The van der Waals surface area contributed by atoms with Crippen LogP contribution in [0.3, 0.4) is 0 Å². The van der Waals surface area contributed by atoms with E-state index in [1.165, 1.54) is 25.2 Å². The fraction of sp³-hybridized carbons (Fsp3) is 0.308. The topological polar surface area (TPSA) is 78.5 Å². The van der Waals surface area contributed by atoms with Gasteiger partial charge in [0.2, 0.25) is 17.7 Å². The van der Waals surface area contributed by atoms with Crippen molar-refractivity contribution in [3.05, 3.63) is 30.1 Å². The Kier molecular flexibility index (Phi) is 4.09. The van der Waals surface area contributed by atoms with Gasteiger partial charge >= 0.3 is 0 Å². The van der Waals surface area contributed by atoms with E-state index in [2.05, 4.69) is 10.6 Å². The molecule has 0 radical (unpaired) electrons. The van der Waals surface area contributed by atoms with E-state index in [1.807, 2.05) is 0 Å². The average Bonchev–Trinajstić information content (AvgIpc) is 2.66. The molecule has 0 saturated carbocycles. The molecule has 1 atom stereocenters. The first-order valence-electron chi connectivity index (χ1n) is 6.07. The summed E-state index contributed by atoms with van der Waals surface area (Å²) in [7, 11) is 1.39. The number of nitrogens with zero attached hydrogens (tertiary/aromatic N) is 1. The molecule has 0 spiro atoms. The lowest BCUT2D eigenvalue weighted by atomic mass is 10.2. The van der Waals surface area contributed by atoms with E-state index in [0.717, 1.165) is 4.90 Å². The third kappa shape index (κ3) is 3.00. The molecular weight excluding hydrogens is 265 g/mol. The highest BCUT2D eigenvalue weighted by Crippen LogP contribution is 2.12. The molecule has 1 aliphatic heterocycles. The summed E-state index contributed by atoms with van der Waals surface area (Å²) >= 11 is 0. The number of nitrogens with one attached hydrogen (secondary N) is 2. The number of carbonyl (C=O) groups is 3. The lowest BCUT2D eigenvalue weighted by Crippen LogP contribution is -2.41. The first-order chi connectivity index (χ1) is 9.49. The molecule has 1 aromatic carbocycles. The van der Waals surface area contributed by atoms with E-state index in [-0.39, 0.29) is 30.5 Å². The van der Waals surface area contributed by atoms with E-state index in [4.69, 9.17) is 0 Å². The summed E-state index contributed by atoms with van der Waals surface area (Å²) in [5.74, 6) is -1.67. The number of hydrogen-bond donors (Lipinski definition) is 2. The smallest absolute Gasteiger partial charge is 0.246 e. The molecule has 1 fully saturated rings. The van der Waals surface area contributed by atoms with Crippen LogP contribution in [0, 0.1) is 5.82 Å². The zero-order valence-electron chi connectivity index (χ0n) is 10.9. The maximum Gasteiger partial charge on any atom is 0.246 e. The van der Waals surface area contributed by atoms with Gasteiger partial charge in [0, 0.05) is 7.05 Å². The van der Waals surface area contributed by atoms with Gasteiger partial charge in [-0.3, -0.25) is 24.6 Å². The number of halogens is 1. The van der Waals surface area contributed by atoms with Crippen molar-refractivity contribution >= 4 is 23.4 Å². The summed E-state index contributed by atoms with van der Waals surface area (Å²) in [6, 6.07) is 5.09. The molecular formula is C13H14FN3O3. The van der Waals surface area contributed by atoms with Gasteiger partial charge in [-0.1, -0.05) is 12.1 Å². The second-order valence-electron chi connectivity index (χ2n) is 4.46. The molecule has 1 aliphatic rings. The molecule has 1 unspecified atom stereocenters. The minimum atomic E-state index is -0.695. The van der Waals surface area contributed by atoms with Crippen molar-refractivity contribution in [3.63, 3.8) is 0 Å². The molecule has 0 aromatic heterocycles. The summed E-state index contributed by atoms with van der Waals surface area (Å²) in [5, 5.41) is 5.07. The van der Waals surface area contributed by atoms with Crippen molar-refractivity contribution in [2.24, 2.45) is 0 Å².